The Morgan fingerprint density at radius 2 is 1.81 bits per heavy atom. The van der Waals surface area contributed by atoms with E-state index in [9.17, 15) is 18.0 Å². The van der Waals surface area contributed by atoms with Crippen LogP contribution in [0.3, 0.4) is 0 Å². The SMILES string of the molecule is CC(C)C(NCCC(F)=C(F)F)C(=O)O.Cl. The molecule has 16 heavy (non-hydrogen) atoms. The highest BCUT2D eigenvalue weighted by molar-refractivity contribution is 5.85. The van der Waals surface area contributed by atoms with E-state index in [-0.39, 0.29) is 24.9 Å². The zero-order valence-corrected chi connectivity index (χ0v) is 9.78. The van der Waals surface area contributed by atoms with Gasteiger partial charge in [-0.25, -0.2) is 4.39 Å². The van der Waals surface area contributed by atoms with Gasteiger partial charge in [0.2, 0.25) is 0 Å². The molecule has 0 fully saturated rings. The van der Waals surface area contributed by atoms with Gasteiger partial charge in [-0.15, -0.1) is 12.4 Å². The van der Waals surface area contributed by atoms with Crippen LogP contribution in [0.5, 0.6) is 0 Å². The molecule has 0 aliphatic heterocycles. The summed E-state index contributed by atoms with van der Waals surface area (Å²) < 4.78 is 35.6. The predicted molar refractivity (Wildman–Crippen MR) is 56.5 cm³/mol. The van der Waals surface area contributed by atoms with E-state index >= 15 is 0 Å². The highest BCUT2D eigenvalue weighted by Crippen LogP contribution is 2.12. The largest absolute Gasteiger partial charge is 0.480 e. The molecule has 0 spiro atoms. The normalized spacial score (nSPS) is 11.9. The van der Waals surface area contributed by atoms with Crippen molar-refractivity contribution in [3.63, 3.8) is 0 Å². The van der Waals surface area contributed by atoms with Crippen LogP contribution in [0.1, 0.15) is 20.3 Å². The Morgan fingerprint density at radius 1 is 1.31 bits per heavy atom. The second kappa shape index (κ2) is 8.41. The third kappa shape index (κ3) is 6.68. The van der Waals surface area contributed by atoms with E-state index in [2.05, 4.69) is 5.32 Å². The molecular formula is C9H15ClF3NO2. The molecule has 0 aliphatic carbocycles. The Bertz CT molecular complexity index is 255. The lowest BCUT2D eigenvalue weighted by Crippen LogP contribution is -2.41. The fourth-order valence-electron chi connectivity index (χ4n) is 1.04. The number of aliphatic carboxylic acids is 1. The van der Waals surface area contributed by atoms with Crippen molar-refractivity contribution < 1.29 is 23.1 Å². The lowest BCUT2D eigenvalue weighted by Gasteiger charge is -2.17. The molecule has 0 amide bonds. The number of carboxylic acids is 1. The summed E-state index contributed by atoms with van der Waals surface area (Å²) in [5.41, 5.74) is 0. The molecular weight excluding hydrogens is 247 g/mol. The molecule has 7 heteroatoms. The molecule has 0 radical (unpaired) electrons. The van der Waals surface area contributed by atoms with Crippen LogP contribution in [0.4, 0.5) is 13.2 Å². The highest BCUT2D eigenvalue weighted by Gasteiger charge is 2.20. The summed E-state index contributed by atoms with van der Waals surface area (Å²) in [6.07, 6.45) is -2.85. The average molecular weight is 262 g/mol. The van der Waals surface area contributed by atoms with Crippen LogP contribution in [-0.4, -0.2) is 23.7 Å². The molecule has 0 aromatic carbocycles. The molecule has 0 bridgehead atoms. The number of carboxylic acid groups (broad SMARTS) is 1. The van der Waals surface area contributed by atoms with Crippen molar-refractivity contribution in [2.45, 2.75) is 26.3 Å². The molecule has 0 saturated heterocycles. The maximum Gasteiger partial charge on any atom is 0.320 e. The lowest BCUT2D eigenvalue weighted by molar-refractivity contribution is -0.140. The zero-order chi connectivity index (χ0) is 12.0. The van der Waals surface area contributed by atoms with Gasteiger partial charge in [0.05, 0.1) is 0 Å². The van der Waals surface area contributed by atoms with E-state index in [1.807, 2.05) is 0 Å². The van der Waals surface area contributed by atoms with E-state index in [1.165, 1.54) is 0 Å². The van der Waals surface area contributed by atoms with Crippen LogP contribution in [0.25, 0.3) is 0 Å². The summed E-state index contributed by atoms with van der Waals surface area (Å²) in [6, 6.07) is -0.847. The minimum Gasteiger partial charge on any atom is -0.480 e. The Balaban J connectivity index is 0. The maximum atomic E-state index is 12.3. The molecule has 1 unspecified atom stereocenters. The highest BCUT2D eigenvalue weighted by atomic mass is 35.5. The Kier molecular flexibility index (Phi) is 9.27. The van der Waals surface area contributed by atoms with Gasteiger partial charge in [0.15, 0.2) is 5.83 Å². The Hall–Kier alpha value is -0.750. The standard InChI is InChI=1S/C9H14F3NO2.ClH/c1-5(2)7(9(14)15)13-4-3-6(10)8(11)12;/h5,7,13H,3-4H2,1-2H3,(H,14,15);1H. The molecule has 0 aliphatic rings. The van der Waals surface area contributed by atoms with Crippen LogP contribution in [0.15, 0.2) is 11.9 Å². The lowest BCUT2D eigenvalue weighted by atomic mass is 10.0. The van der Waals surface area contributed by atoms with E-state index in [1.54, 1.807) is 13.8 Å². The third-order valence-corrected chi connectivity index (χ3v) is 1.85. The van der Waals surface area contributed by atoms with E-state index in [0.29, 0.717) is 0 Å². The van der Waals surface area contributed by atoms with E-state index < -0.39 is 30.3 Å². The predicted octanol–water partition coefficient (Wildman–Crippen LogP) is 2.57. The first-order valence-electron chi connectivity index (χ1n) is 4.52. The number of rotatable bonds is 6. The van der Waals surface area contributed by atoms with Gasteiger partial charge in [0, 0.05) is 13.0 Å². The van der Waals surface area contributed by atoms with Crippen molar-refractivity contribution in [3.8, 4) is 0 Å². The van der Waals surface area contributed by atoms with Crippen LogP contribution in [-0.2, 0) is 4.79 Å². The first kappa shape index (κ1) is 17.6. The molecule has 3 nitrogen and oxygen atoms in total. The first-order valence-corrected chi connectivity index (χ1v) is 4.52. The molecule has 0 aromatic heterocycles. The van der Waals surface area contributed by atoms with Gasteiger partial charge in [-0.1, -0.05) is 13.8 Å². The topological polar surface area (TPSA) is 49.3 Å². The van der Waals surface area contributed by atoms with Crippen molar-refractivity contribution in [1.29, 1.82) is 0 Å². The summed E-state index contributed by atoms with van der Waals surface area (Å²) in [7, 11) is 0. The summed E-state index contributed by atoms with van der Waals surface area (Å²) in [6.45, 7) is 3.22. The second-order valence-corrected chi connectivity index (χ2v) is 3.43. The average Bonchev–Trinajstić information content (AvgIpc) is 2.10. The van der Waals surface area contributed by atoms with Gasteiger partial charge in [-0.3, -0.25) is 4.79 Å². The molecule has 96 valence electrons. The van der Waals surface area contributed by atoms with Gasteiger partial charge in [-0.2, -0.15) is 8.78 Å². The van der Waals surface area contributed by atoms with E-state index in [0.717, 1.165) is 0 Å². The minimum absolute atomic E-state index is 0. The number of carbonyl (C=O) groups is 1. The molecule has 0 aromatic rings. The molecule has 1 atom stereocenters. The number of halogens is 4. The van der Waals surface area contributed by atoms with Gasteiger partial charge in [0.25, 0.3) is 0 Å². The van der Waals surface area contributed by atoms with Gasteiger partial charge >= 0.3 is 12.0 Å². The van der Waals surface area contributed by atoms with Gasteiger partial charge in [0.1, 0.15) is 6.04 Å². The number of hydrogen-bond donors (Lipinski definition) is 2. The van der Waals surface area contributed by atoms with Crippen molar-refractivity contribution in [3.05, 3.63) is 11.9 Å². The monoisotopic (exact) mass is 261 g/mol. The molecule has 2 N–H and O–H groups in total. The molecule has 0 rings (SSSR count). The van der Waals surface area contributed by atoms with Gasteiger partial charge < -0.3 is 10.4 Å². The fraction of sp³-hybridized carbons (Fsp3) is 0.667. The van der Waals surface area contributed by atoms with Crippen molar-refractivity contribution in [2.75, 3.05) is 6.54 Å². The zero-order valence-electron chi connectivity index (χ0n) is 8.97. The summed E-state index contributed by atoms with van der Waals surface area (Å²) in [4.78, 5) is 10.6. The number of nitrogens with one attached hydrogen (secondary N) is 1. The van der Waals surface area contributed by atoms with Crippen LogP contribution >= 0.6 is 12.4 Å². The maximum absolute atomic E-state index is 12.3. The van der Waals surface area contributed by atoms with Crippen LogP contribution in [0.2, 0.25) is 0 Å². The third-order valence-electron chi connectivity index (χ3n) is 1.85. The first-order chi connectivity index (χ1) is 6.86. The van der Waals surface area contributed by atoms with E-state index in [4.69, 9.17) is 5.11 Å². The van der Waals surface area contributed by atoms with Crippen molar-refractivity contribution >= 4 is 18.4 Å². The van der Waals surface area contributed by atoms with Crippen molar-refractivity contribution in [2.24, 2.45) is 5.92 Å². The summed E-state index contributed by atoms with van der Waals surface area (Å²) >= 11 is 0. The number of hydrogen-bond acceptors (Lipinski definition) is 2. The summed E-state index contributed by atoms with van der Waals surface area (Å²) in [5, 5.41) is 11.2. The molecule has 0 heterocycles. The quantitative estimate of drug-likeness (QED) is 0.773. The smallest absolute Gasteiger partial charge is 0.320 e. The molecule has 0 saturated carbocycles. The summed E-state index contributed by atoms with van der Waals surface area (Å²) in [5.74, 6) is -2.77. The van der Waals surface area contributed by atoms with Crippen LogP contribution < -0.4 is 5.32 Å². The minimum atomic E-state index is -2.35. The Morgan fingerprint density at radius 3 is 2.12 bits per heavy atom. The van der Waals surface area contributed by atoms with Crippen LogP contribution in [0, 0.1) is 5.92 Å². The van der Waals surface area contributed by atoms with Crippen molar-refractivity contribution in [1.82, 2.24) is 5.32 Å². The van der Waals surface area contributed by atoms with Gasteiger partial charge in [-0.05, 0) is 5.92 Å². The Labute approximate surface area is 98.1 Å². The second-order valence-electron chi connectivity index (χ2n) is 3.43. The fourth-order valence-corrected chi connectivity index (χ4v) is 1.04.